The van der Waals surface area contributed by atoms with Gasteiger partial charge in [0.25, 0.3) is 0 Å². The Bertz CT molecular complexity index is 390. The molecular weight excluding hydrogens is 262 g/mol. The van der Waals surface area contributed by atoms with E-state index in [4.69, 9.17) is 5.11 Å². The third-order valence-electron chi connectivity index (χ3n) is 4.33. The molecule has 2 aliphatic rings. The number of hydrogen-bond acceptors (Lipinski definition) is 4. The fraction of sp³-hybridized carbons (Fsp3) is 0.846. The van der Waals surface area contributed by atoms with Crippen LogP contribution in [-0.4, -0.2) is 88.3 Å². The highest BCUT2D eigenvalue weighted by Gasteiger charge is 2.41. The number of likely N-dealkylation sites (N-methyl/N-ethyl adjacent to an activating group) is 1. The van der Waals surface area contributed by atoms with Crippen LogP contribution >= 0.6 is 0 Å². The summed E-state index contributed by atoms with van der Waals surface area (Å²) < 4.78 is 0. The van der Waals surface area contributed by atoms with Crippen molar-refractivity contribution in [3.05, 3.63) is 0 Å². The Hall–Kier alpha value is -1.34. The first kappa shape index (κ1) is 15.1. The molecule has 0 aliphatic carbocycles. The van der Waals surface area contributed by atoms with Crippen LogP contribution in [0.3, 0.4) is 0 Å². The number of nitrogens with zero attached hydrogens (tertiary/aromatic N) is 3. The third-order valence-corrected chi connectivity index (χ3v) is 4.33. The molecular formula is C13H23N3O4. The van der Waals surface area contributed by atoms with Crippen molar-refractivity contribution < 1.29 is 19.8 Å². The molecule has 3 atom stereocenters. The minimum Gasteiger partial charge on any atom is -0.480 e. The van der Waals surface area contributed by atoms with Crippen LogP contribution in [0.1, 0.15) is 19.8 Å². The second-order valence-electron chi connectivity index (χ2n) is 5.67. The second-order valence-corrected chi connectivity index (χ2v) is 5.67. The van der Waals surface area contributed by atoms with Gasteiger partial charge in [0, 0.05) is 38.6 Å². The molecule has 2 rings (SSSR count). The number of carboxylic acid groups (broad SMARTS) is 1. The second kappa shape index (κ2) is 5.97. The first-order valence-corrected chi connectivity index (χ1v) is 7.10. The summed E-state index contributed by atoms with van der Waals surface area (Å²) in [6.45, 7) is 4.20. The number of carboxylic acids is 1. The van der Waals surface area contributed by atoms with Gasteiger partial charge in [-0.1, -0.05) is 6.92 Å². The van der Waals surface area contributed by atoms with E-state index < -0.39 is 18.1 Å². The first-order valence-electron chi connectivity index (χ1n) is 7.10. The lowest BCUT2D eigenvalue weighted by Gasteiger charge is -2.41. The predicted molar refractivity (Wildman–Crippen MR) is 72.4 cm³/mol. The maximum atomic E-state index is 12.5. The van der Waals surface area contributed by atoms with Gasteiger partial charge in [0.1, 0.15) is 6.04 Å². The molecule has 3 unspecified atom stereocenters. The number of amides is 2. The number of piperazine rings is 1. The number of urea groups is 1. The van der Waals surface area contributed by atoms with Crippen molar-refractivity contribution in [2.24, 2.45) is 0 Å². The van der Waals surface area contributed by atoms with E-state index in [2.05, 4.69) is 11.8 Å². The van der Waals surface area contributed by atoms with E-state index in [1.54, 1.807) is 4.90 Å². The van der Waals surface area contributed by atoms with Crippen molar-refractivity contribution in [3.63, 3.8) is 0 Å². The first-order chi connectivity index (χ1) is 9.43. The lowest BCUT2D eigenvalue weighted by Crippen LogP contribution is -2.57. The zero-order valence-electron chi connectivity index (χ0n) is 12.0. The van der Waals surface area contributed by atoms with Crippen molar-refractivity contribution >= 4 is 12.0 Å². The van der Waals surface area contributed by atoms with Gasteiger partial charge in [0.15, 0.2) is 0 Å². The summed E-state index contributed by atoms with van der Waals surface area (Å²) in [7, 11) is 2.04. The number of carbonyl (C=O) groups is 2. The molecule has 20 heavy (non-hydrogen) atoms. The molecule has 0 aromatic heterocycles. The van der Waals surface area contributed by atoms with Crippen molar-refractivity contribution in [2.75, 3.05) is 33.2 Å². The SMILES string of the molecule is CCC1CN(C(=O)N2CC(O)CC2C(=O)O)CCN1C. The molecule has 0 aromatic carbocycles. The van der Waals surface area contributed by atoms with Crippen molar-refractivity contribution in [2.45, 2.75) is 38.0 Å². The Balaban J connectivity index is 2.05. The summed E-state index contributed by atoms with van der Waals surface area (Å²) >= 11 is 0. The number of aliphatic hydroxyl groups excluding tert-OH is 1. The monoisotopic (exact) mass is 285 g/mol. The summed E-state index contributed by atoms with van der Waals surface area (Å²) in [5.41, 5.74) is 0. The van der Waals surface area contributed by atoms with Crippen LogP contribution in [0, 0.1) is 0 Å². The number of aliphatic carboxylic acids is 1. The summed E-state index contributed by atoms with van der Waals surface area (Å²) in [6, 6.07) is -0.860. The number of aliphatic hydroxyl groups is 1. The highest BCUT2D eigenvalue weighted by Crippen LogP contribution is 2.21. The number of carbonyl (C=O) groups excluding carboxylic acids is 1. The smallest absolute Gasteiger partial charge is 0.326 e. The van der Waals surface area contributed by atoms with Crippen LogP contribution < -0.4 is 0 Å². The maximum absolute atomic E-state index is 12.5. The summed E-state index contributed by atoms with van der Waals surface area (Å²) in [4.78, 5) is 28.9. The number of hydrogen-bond donors (Lipinski definition) is 2. The fourth-order valence-electron chi connectivity index (χ4n) is 3.00. The molecule has 0 aromatic rings. The van der Waals surface area contributed by atoms with E-state index in [1.807, 2.05) is 7.05 Å². The van der Waals surface area contributed by atoms with Crippen molar-refractivity contribution in [1.82, 2.24) is 14.7 Å². The van der Waals surface area contributed by atoms with Gasteiger partial charge in [0.2, 0.25) is 0 Å². The maximum Gasteiger partial charge on any atom is 0.326 e. The van der Waals surface area contributed by atoms with Crippen LogP contribution in [-0.2, 0) is 4.79 Å². The van der Waals surface area contributed by atoms with E-state index in [1.165, 1.54) is 4.90 Å². The Kier molecular flexibility index (Phi) is 4.49. The van der Waals surface area contributed by atoms with Gasteiger partial charge < -0.3 is 20.0 Å². The average molecular weight is 285 g/mol. The standard InChI is InChI=1S/C13H23N3O4/c1-3-9-7-15(5-4-14(9)2)13(20)16-8-10(17)6-11(16)12(18)19/h9-11,17H,3-8H2,1-2H3,(H,18,19). The number of rotatable bonds is 2. The van der Waals surface area contributed by atoms with Gasteiger partial charge >= 0.3 is 12.0 Å². The summed E-state index contributed by atoms with van der Waals surface area (Å²) in [5.74, 6) is -1.05. The zero-order valence-corrected chi connectivity index (χ0v) is 12.0. The molecule has 2 N–H and O–H groups in total. The lowest BCUT2D eigenvalue weighted by atomic mass is 10.1. The van der Waals surface area contributed by atoms with Crippen LogP contribution in [0.15, 0.2) is 0 Å². The molecule has 2 saturated heterocycles. The van der Waals surface area contributed by atoms with Gasteiger partial charge in [-0.05, 0) is 13.5 Å². The molecule has 114 valence electrons. The van der Waals surface area contributed by atoms with Crippen LogP contribution in [0.25, 0.3) is 0 Å². The Morgan fingerprint density at radius 3 is 2.55 bits per heavy atom. The topological polar surface area (TPSA) is 84.3 Å². The van der Waals surface area contributed by atoms with Gasteiger partial charge in [-0.2, -0.15) is 0 Å². The molecule has 0 saturated carbocycles. The third kappa shape index (κ3) is 2.88. The van der Waals surface area contributed by atoms with Crippen LogP contribution in [0.4, 0.5) is 4.79 Å². The molecule has 2 heterocycles. The van der Waals surface area contributed by atoms with Gasteiger partial charge in [-0.3, -0.25) is 4.90 Å². The number of likely N-dealkylation sites (tertiary alicyclic amines) is 1. The molecule has 0 radical (unpaired) electrons. The normalized spacial score (nSPS) is 31.6. The molecule has 0 spiro atoms. The summed E-state index contributed by atoms with van der Waals surface area (Å²) in [5, 5.41) is 18.8. The molecule has 0 bridgehead atoms. The predicted octanol–water partition coefficient (Wildman–Crippen LogP) is -0.348. The lowest BCUT2D eigenvalue weighted by molar-refractivity contribution is -0.141. The van der Waals surface area contributed by atoms with E-state index in [-0.39, 0.29) is 19.0 Å². The van der Waals surface area contributed by atoms with E-state index in [9.17, 15) is 14.7 Å². The van der Waals surface area contributed by atoms with Gasteiger partial charge in [-0.15, -0.1) is 0 Å². The summed E-state index contributed by atoms with van der Waals surface area (Å²) in [6.07, 6.45) is 0.326. The van der Waals surface area contributed by atoms with E-state index in [0.717, 1.165) is 13.0 Å². The van der Waals surface area contributed by atoms with Gasteiger partial charge in [0.05, 0.1) is 6.10 Å². The quantitative estimate of drug-likeness (QED) is 0.724. The number of β-amino-alcohol motifs (C(OH)–C–C–N with tert-alkyl or cyclic N) is 1. The molecule has 7 heteroatoms. The van der Waals surface area contributed by atoms with Crippen LogP contribution in [0.2, 0.25) is 0 Å². The van der Waals surface area contributed by atoms with Crippen LogP contribution in [0.5, 0.6) is 0 Å². The Morgan fingerprint density at radius 1 is 1.25 bits per heavy atom. The fourth-order valence-corrected chi connectivity index (χ4v) is 3.00. The van der Waals surface area contributed by atoms with Crippen molar-refractivity contribution in [1.29, 1.82) is 0 Å². The molecule has 7 nitrogen and oxygen atoms in total. The Labute approximate surface area is 118 Å². The average Bonchev–Trinajstić information content (AvgIpc) is 2.81. The van der Waals surface area contributed by atoms with E-state index in [0.29, 0.717) is 19.1 Å². The highest BCUT2D eigenvalue weighted by atomic mass is 16.4. The van der Waals surface area contributed by atoms with E-state index >= 15 is 0 Å². The molecule has 2 aliphatic heterocycles. The van der Waals surface area contributed by atoms with Gasteiger partial charge in [-0.25, -0.2) is 9.59 Å². The molecule has 2 amide bonds. The zero-order chi connectivity index (χ0) is 14.9. The van der Waals surface area contributed by atoms with Crippen molar-refractivity contribution in [3.8, 4) is 0 Å². The highest BCUT2D eigenvalue weighted by molar-refractivity contribution is 5.83. The molecule has 2 fully saturated rings. The minimum absolute atomic E-state index is 0.110. The minimum atomic E-state index is -1.05. The Morgan fingerprint density at radius 2 is 1.95 bits per heavy atom. The largest absolute Gasteiger partial charge is 0.480 e.